The van der Waals surface area contributed by atoms with Crippen LogP contribution >= 0.6 is 11.3 Å². The second kappa shape index (κ2) is 6.95. The molecule has 0 atom stereocenters. The van der Waals surface area contributed by atoms with Crippen LogP contribution in [0.1, 0.15) is 20.7 Å². The molecule has 2 rings (SSSR count). The Hall–Kier alpha value is -2.54. The van der Waals surface area contributed by atoms with Gasteiger partial charge in [-0.25, -0.2) is 0 Å². The summed E-state index contributed by atoms with van der Waals surface area (Å²) >= 11 is 1.28. The minimum atomic E-state index is -0.355. The maximum Gasteiger partial charge on any atom is 0.260 e. The first kappa shape index (κ1) is 15.8. The van der Waals surface area contributed by atoms with Gasteiger partial charge in [-0.05, 0) is 23.6 Å². The molecule has 0 saturated heterocycles. The molecular weight excluding hydrogens is 304 g/mol. The summed E-state index contributed by atoms with van der Waals surface area (Å²) in [6.45, 7) is 0. The summed E-state index contributed by atoms with van der Waals surface area (Å²) in [6.07, 6.45) is 0. The van der Waals surface area contributed by atoms with E-state index < -0.39 is 0 Å². The monoisotopic (exact) mass is 320 g/mol. The largest absolute Gasteiger partial charge is 0.497 e. The molecule has 116 valence electrons. The Morgan fingerprint density at radius 2 is 1.82 bits per heavy atom. The van der Waals surface area contributed by atoms with Crippen LogP contribution in [0.2, 0.25) is 0 Å². The summed E-state index contributed by atoms with van der Waals surface area (Å²) in [4.78, 5) is 24.1. The quantitative estimate of drug-likeness (QED) is 0.887. The van der Waals surface area contributed by atoms with Gasteiger partial charge >= 0.3 is 0 Å². The molecule has 1 heterocycles. The molecule has 0 aliphatic carbocycles. The number of carbonyl (C=O) groups is 2. The van der Waals surface area contributed by atoms with Gasteiger partial charge < -0.3 is 20.1 Å². The van der Waals surface area contributed by atoms with E-state index in [1.165, 1.54) is 32.6 Å². The first-order valence-corrected chi connectivity index (χ1v) is 7.31. The van der Waals surface area contributed by atoms with Gasteiger partial charge in [0.1, 0.15) is 16.5 Å². The molecule has 22 heavy (non-hydrogen) atoms. The lowest BCUT2D eigenvalue weighted by molar-refractivity contribution is 0.0964. The third kappa shape index (κ3) is 3.20. The first-order chi connectivity index (χ1) is 10.6. The Morgan fingerprint density at radius 3 is 2.45 bits per heavy atom. The molecule has 6 nitrogen and oxygen atoms in total. The first-order valence-electron chi connectivity index (χ1n) is 6.43. The molecular formula is C15H16N2O4S. The van der Waals surface area contributed by atoms with E-state index in [0.29, 0.717) is 27.6 Å². The topological polar surface area (TPSA) is 76.7 Å². The number of thiophene rings is 1. The molecule has 2 amide bonds. The molecule has 0 saturated carbocycles. The number of amides is 2. The van der Waals surface area contributed by atoms with E-state index in [0.717, 1.165) is 0 Å². The molecule has 0 radical (unpaired) electrons. The second-order valence-corrected chi connectivity index (χ2v) is 5.18. The van der Waals surface area contributed by atoms with Crippen LogP contribution < -0.4 is 20.1 Å². The van der Waals surface area contributed by atoms with E-state index in [1.54, 1.807) is 29.6 Å². The van der Waals surface area contributed by atoms with Gasteiger partial charge in [0.2, 0.25) is 0 Å². The van der Waals surface area contributed by atoms with Gasteiger partial charge in [-0.3, -0.25) is 9.59 Å². The summed E-state index contributed by atoms with van der Waals surface area (Å²) in [5.41, 5.74) is 0.785. The highest BCUT2D eigenvalue weighted by molar-refractivity contribution is 7.14. The predicted molar refractivity (Wildman–Crippen MR) is 85.2 cm³/mol. The molecule has 0 fully saturated rings. The van der Waals surface area contributed by atoms with Crippen molar-refractivity contribution in [1.82, 2.24) is 5.32 Å². The molecule has 7 heteroatoms. The van der Waals surface area contributed by atoms with E-state index in [2.05, 4.69) is 10.6 Å². The van der Waals surface area contributed by atoms with Crippen molar-refractivity contribution in [1.29, 1.82) is 0 Å². The van der Waals surface area contributed by atoms with Crippen molar-refractivity contribution in [2.45, 2.75) is 0 Å². The van der Waals surface area contributed by atoms with Crippen LogP contribution in [0.3, 0.4) is 0 Å². The van der Waals surface area contributed by atoms with Crippen LogP contribution in [0.15, 0.2) is 29.6 Å². The van der Waals surface area contributed by atoms with Crippen molar-refractivity contribution >= 4 is 28.2 Å². The van der Waals surface area contributed by atoms with E-state index in [9.17, 15) is 9.59 Å². The molecule has 0 spiro atoms. The van der Waals surface area contributed by atoms with Gasteiger partial charge in [-0.15, -0.1) is 11.3 Å². The smallest absolute Gasteiger partial charge is 0.260 e. The van der Waals surface area contributed by atoms with E-state index in [-0.39, 0.29) is 11.8 Å². The number of hydrogen-bond donors (Lipinski definition) is 2. The SMILES string of the molecule is CNC(=O)c1ccsc1NC(=O)c1ccc(OC)cc1OC. The molecule has 0 aliphatic heterocycles. The van der Waals surface area contributed by atoms with Crippen molar-refractivity contribution in [3.05, 3.63) is 40.8 Å². The summed E-state index contributed by atoms with van der Waals surface area (Å²) in [6, 6.07) is 6.57. The molecule has 1 aromatic heterocycles. The summed E-state index contributed by atoms with van der Waals surface area (Å²) in [5, 5.41) is 7.50. The lowest BCUT2D eigenvalue weighted by atomic mass is 10.1. The minimum absolute atomic E-state index is 0.252. The maximum absolute atomic E-state index is 12.4. The van der Waals surface area contributed by atoms with Crippen LogP contribution in [0.25, 0.3) is 0 Å². The van der Waals surface area contributed by atoms with Crippen molar-refractivity contribution in [2.24, 2.45) is 0 Å². The molecule has 1 aromatic carbocycles. The lowest BCUT2D eigenvalue weighted by Crippen LogP contribution is -2.20. The summed E-state index contributed by atoms with van der Waals surface area (Å²) in [7, 11) is 4.56. The molecule has 0 bridgehead atoms. The van der Waals surface area contributed by atoms with Gasteiger partial charge in [0.05, 0.1) is 25.3 Å². The maximum atomic E-state index is 12.4. The Bertz CT molecular complexity index is 697. The normalized spacial score (nSPS) is 9.95. The van der Waals surface area contributed by atoms with Crippen molar-refractivity contribution in [3.63, 3.8) is 0 Å². The zero-order chi connectivity index (χ0) is 16.1. The lowest BCUT2D eigenvalue weighted by Gasteiger charge is -2.11. The summed E-state index contributed by atoms with van der Waals surface area (Å²) in [5.74, 6) is 0.385. The van der Waals surface area contributed by atoms with Crippen molar-refractivity contribution in [3.8, 4) is 11.5 Å². The van der Waals surface area contributed by atoms with Crippen LogP contribution in [0.5, 0.6) is 11.5 Å². The Morgan fingerprint density at radius 1 is 1.05 bits per heavy atom. The molecule has 2 aromatic rings. The van der Waals surface area contributed by atoms with Crippen molar-refractivity contribution in [2.75, 3.05) is 26.6 Å². The molecule has 0 aliphatic rings. The summed E-state index contributed by atoms with van der Waals surface area (Å²) < 4.78 is 10.3. The van der Waals surface area contributed by atoms with Crippen molar-refractivity contribution < 1.29 is 19.1 Å². The Balaban J connectivity index is 2.26. The van der Waals surface area contributed by atoms with Gasteiger partial charge in [0.25, 0.3) is 11.8 Å². The average molecular weight is 320 g/mol. The van der Waals surface area contributed by atoms with Gasteiger partial charge in [0, 0.05) is 13.1 Å². The number of anilines is 1. The fourth-order valence-corrected chi connectivity index (χ4v) is 2.66. The highest BCUT2D eigenvalue weighted by Crippen LogP contribution is 2.28. The third-order valence-corrected chi connectivity index (χ3v) is 3.85. The van der Waals surface area contributed by atoms with Crippen LogP contribution in [-0.4, -0.2) is 33.1 Å². The zero-order valence-corrected chi connectivity index (χ0v) is 13.2. The number of nitrogens with one attached hydrogen (secondary N) is 2. The standard InChI is InChI=1S/C15H16N2O4S/c1-16-13(18)11-6-7-22-15(11)17-14(19)10-5-4-9(20-2)8-12(10)21-3/h4-8H,1-3H3,(H,16,18)(H,17,19). The highest BCUT2D eigenvalue weighted by atomic mass is 32.1. The highest BCUT2D eigenvalue weighted by Gasteiger charge is 2.18. The number of methoxy groups -OCH3 is 2. The predicted octanol–water partition coefficient (Wildman–Crippen LogP) is 2.38. The van der Waals surface area contributed by atoms with E-state index in [4.69, 9.17) is 9.47 Å². The van der Waals surface area contributed by atoms with Gasteiger partial charge in [-0.2, -0.15) is 0 Å². The number of ether oxygens (including phenoxy) is 2. The minimum Gasteiger partial charge on any atom is -0.497 e. The van der Waals surface area contributed by atoms with Crippen LogP contribution in [0.4, 0.5) is 5.00 Å². The molecule has 2 N–H and O–H groups in total. The van der Waals surface area contributed by atoms with Gasteiger partial charge in [-0.1, -0.05) is 0 Å². The Labute approximate surface area is 132 Å². The molecule has 0 unspecified atom stereocenters. The zero-order valence-electron chi connectivity index (χ0n) is 12.4. The Kier molecular flexibility index (Phi) is 5.00. The fraction of sp³-hybridized carbons (Fsp3) is 0.200. The number of hydrogen-bond acceptors (Lipinski definition) is 5. The average Bonchev–Trinajstić information content (AvgIpc) is 3.01. The second-order valence-electron chi connectivity index (χ2n) is 4.26. The number of benzene rings is 1. The fourth-order valence-electron chi connectivity index (χ4n) is 1.88. The van der Waals surface area contributed by atoms with E-state index in [1.807, 2.05) is 0 Å². The van der Waals surface area contributed by atoms with Gasteiger partial charge in [0.15, 0.2) is 0 Å². The van der Waals surface area contributed by atoms with Crippen LogP contribution in [-0.2, 0) is 0 Å². The van der Waals surface area contributed by atoms with Crippen LogP contribution in [0, 0.1) is 0 Å². The van der Waals surface area contributed by atoms with E-state index >= 15 is 0 Å². The third-order valence-electron chi connectivity index (χ3n) is 3.02. The number of carbonyl (C=O) groups excluding carboxylic acids is 2. The number of rotatable bonds is 5.